The highest BCUT2D eigenvalue weighted by atomic mass is 32.1. The molecule has 4 heterocycles. The van der Waals surface area contributed by atoms with Crippen LogP contribution in [-0.2, 0) is 20.9 Å². The molecule has 1 atom stereocenters. The number of fused-ring (bicyclic) bond motifs is 1. The average Bonchev–Trinajstić information content (AvgIpc) is 3.62. The van der Waals surface area contributed by atoms with Crippen molar-refractivity contribution in [3.63, 3.8) is 0 Å². The van der Waals surface area contributed by atoms with Crippen LogP contribution in [0.15, 0.2) is 42.4 Å². The van der Waals surface area contributed by atoms with Crippen LogP contribution in [0.5, 0.6) is 0 Å². The van der Waals surface area contributed by atoms with Crippen molar-refractivity contribution in [2.45, 2.75) is 71.9 Å². The van der Waals surface area contributed by atoms with Crippen LogP contribution >= 0.6 is 11.3 Å². The number of thiophene rings is 1. The number of rotatable bonds is 14. The molecular weight excluding hydrogens is 502 g/mol. The molecule has 4 aromatic heterocycles. The summed E-state index contributed by atoms with van der Waals surface area (Å²) in [6.45, 7) is 15.7. The monoisotopic (exact) mass is 541 g/mol. The highest BCUT2D eigenvalue weighted by molar-refractivity contribution is 7.10. The first-order valence-corrected chi connectivity index (χ1v) is 17.7. The van der Waals surface area contributed by atoms with E-state index < -0.39 is 8.07 Å². The van der Waals surface area contributed by atoms with Crippen LogP contribution in [0, 0.1) is 0 Å². The summed E-state index contributed by atoms with van der Waals surface area (Å²) in [4.78, 5) is 10.2. The van der Waals surface area contributed by atoms with E-state index in [1.807, 2.05) is 35.5 Å². The van der Waals surface area contributed by atoms with Gasteiger partial charge < -0.3 is 18.8 Å². The maximum Gasteiger partial charge on any atom is 0.193 e. The maximum atomic E-state index is 5.96. The molecule has 0 fully saturated rings. The maximum absolute atomic E-state index is 5.96. The van der Waals surface area contributed by atoms with E-state index in [4.69, 9.17) is 19.3 Å². The topological polar surface area (TPSA) is 76.2 Å². The van der Waals surface area contributed by atoms with E-state index in [-0.39, 0.29) is 12.3 Å². The second-order valence-corrected chi connectivity index (χ2v) is 16.8. The molecule has 10 heteroatoms. The second-order valence-electron chi connectivity index (χ2n) is 10.3. The van der Waals surface area contributed by atoms with Crippen LogP contribution in [0.3, 0.4) is 0 Å². The first kappa shape index (κ1) is 27.7. The lowest BCUT2D eigenvalue weighted by atomic mass is 10.1. The fourth-order valence-electron chi connectivity index (χ4n) is 4.27. The smallest absolute Gasteiger partial charge is 0.193 e. The van der Waals surface area contributed by atoms with Gasteiger partial charge in [0.15, 0.2) is 6.29 Å². The number of hydrogen-bond donors (Lipinski definition) is 0. The molecule has 0 aromatic carbocycles. The summed E-state index contributed by atoms with van der Waals surface area (Å²) in [6, 6.07) is 5.51. The zero-order valence-electron chi connectivity index (χ0n) is 22.8. The number of ether oxygens (including phenoxy) is 3. The molecular formula is C27H39N5O3SSi. The molecule has 0 saturated heterocycles. The van der Waals surface area contributed by atoms with E-state index >= 15 is 0 Å². The van der Waals surface area contributed by atoms with Gasteiger partial charge in [0.05, 0.1) is 22.8 Å². The predicted molar refractivity (Wildman–Crippen MR) is 152 cm³/mol. The van der Waals surface area contributed by atoms with Crippen LogP contribution in [0.2, 0.25) is 25.7 Å². The highest BCUT2D eigenvalue weighted by Gasteiger charge is 2.21. The Labute approximate surface area is 224 Å². The van der Waals surface area contributed by atoms with Crippen LogP contribution in [0.4, 0.5) is 0 Å². The van der Waals surface area contributed by atoms with Crippen LogP contribution in [0.1, 0.15) is 50.0 Å². The van der Waals surface area contributed by atoms with Crippen molar-refractivity contribution >= 4 is 30.4 Å². The SMILES string of the molecule is CCOC(OCC)c1cc(C(CC)n2cc(-c3ncnc4c3ccn4COCC[Si](C)(C)C)cn2)cs1. The summed E-state index contributed by atoms with van der Waals surface area (Å²) in [6.07, 6.45) is 8.21. The number of nitrogens with zero attached hydrogens (tertiary/aromatic N) is 5. The minimum Gasteiger partial charge on any atom is -0.361 e. The van der Waals surface area contributed by atoms with Gasteiger partial charge in [-0.15, -0.1) is 11.3 Å². The van der Waals surface area contributed by atoms with E-state index in [2.05, 4.69) is 60.2 Å². The molecule has 0 aliphatic carbocycles. The van der Waals surface area contributed by atoms with E-state index in [1.54, 1.807) is 17.7 Å². The Bertz CT molecular complexity index is 1270. The Morgan fingerprint density at radius 2 is 1.86 bits per heavy atom. The van der Waals surface area contributed by atoms with E-state index in [9.17, 15) is 0 Å². The molecule has 1 unspecified atom stereocenters. The predicted octanol–water partition coefficient (Wildman–Crippen LogP) is 6.74. The Balaban J connectivity index is 1.53. The van der Waals surface area contributed by atoms with Gasteiger partial charge in [-0.2, -0.15) is 5.10 Å². The van der Waals surface area contributed by atoms with Crippen molar-refractivity contribution in [2.75, 3.05) is 19.8 Å². The molecule has 0 bridgehead atoms. The molecule has 0 aliphatic rings. The van der Waals surface area contributed by atoms with Crippen molar-refractivity contribution in [1.82, 2.24) is 24.3 Å². The zero-order chi connectivity index (χ0) is 26.4. The highest BCUT2D eigenvalue weighted by Crippen LogP contribution is 2.33. The van der Waals surface area contributed by atoms with Crippen molar-refractivity contribution < 1.29 is 14.2 Å². The van der Waals surface area contributed by atoms with Gasteiger partial charge in [0.25, 0.3) is 0 Å². The summed E-state index contributed by atoms with van der Waals surface area (Å²) < 4.78 is 21.6. The van der Waals surface area contributed by atoms with Crippen LogP contribution < -0.4 is 0 Å². The first-order valence-electron chi connectivity index (χ1n) is 13.1. The minimum atomic E-state index is -1.11. The van der Waals surface area contributed by atoms with Gasteiger partial charge >= 0.3 is 0 Å². The largest absolute Gasteiger partial charge is 0.361 e. The summed E-state index contributed by atoms with van der Waals surface area (Å²) in [5.74, 6) is 0. The second kappa shape index (κ2) is 12.4. The van der Waals surface area contributed by atoms with Crippen molar-refractivity contribution in [3.05, 3.63) is 52.9 Å². The van der Waals surface area contributed by atoms with Crippen molar-refractivity contribution in [1.29, 1.82) is 0 Å². The van der Waals surface area contributed by atoms with Gasteiger partial charge in [-0.05, 0) is 49.4 Å². The molecule has 0 spiro atoms. The third-order valence-corrected chi connectivity index (χ3v) is 8.93. The van der Waals surface area contributed by atoms with Gasteiger partial charge in [-0.1, -0.05) is 26.6 Å². The van der Waals surface area contributed by atoms with Gasteiger partial charge in [0, 0.05) is 51.2 Å². The molecule has 0 saturated carbocycles. The van der Waals surface area contributed by atoms with Crippen molar-refractivity contribution in [3.8, 4) is 11.3 Å². The minimum absolute atomic E-state index is 0.115. The molecule has 200 valence electrons. The molecule has 4 aromatic rings. The van der Waals surface area contributed by atoms with Crippen LogP contribution in [-0.4, -0.2) is 52.2 Å². The van der Waals surface area contributed by atoms with E-state index in [0.29, 0.717) is 19.9 Å². The van der Waals surface area contributed by atoms with Gasteiger partial charge in [0.1, 0.15) is 18.7 Å². The van der Waals surface area contributed by atoms with Crippen molar-refractivity contribution in [2.24, 2.45) is 0 Å². The lowest BCUT2D eigenvalue weighted by molar-refractivity contribution is -0.138. The van der Waals surface area contributed by atoms with E-state index in [0.717, 1.165) is 46.2 Å². The molecule has 0 radical (unpaired) electrons. The van der Waals surface area contributed by atoms with Crippen LogP contribution in [0.25, 0.3) is 22.3 Å². The van der Waals surface area contributed by atoms with E-state index in [1.165, 1.54) is 5.56 Å². The zero-order valence-corrected chi connectivity index (χ0v) is 24.6. The summed E-state index contributed by atoms with van der Waals surface area (Å²) in [7, 11) is -1.11. The summed E-state index contributed by atoms with van der Waals surface area (Å²) >= 11 is 1.67. The Morgan fingerprint density at radius 1 is 1.08 bits per heavy atom. The Morgan fingerprint density at radius 3 is 2.57 bits per heavy atom. The molecule has 4 rings (SSSR count). The first-order chi connectivity index (χ1) is 17.8. The number of hydrogen-bond acceptors (Lipinski definition) is 7. The normalized spacial score (nSPS) is 13.2. The summed E-state index contributed by atoms with van der Waals surface area (Å²) in [5.41, 5.74) is 3.93. The van der Waals surface area contributed by atoms with Gasteiger partial charge in [-0.25, -0.2) is 9.97 Å². The third kappa shape index (κ3) is 6.74. The fraction of sp³-hybridized carbons (Fsp3) is 0.519. The Kier molecular flexibility index (Phi) is 9.30. The molecule has 0 amide bonds. The fourth-order valence-corrected chi connectivity index (χ4v) is 5.97. The molecule has 0 N–H and O–H groups in total. The molecule has 0 aliphatic heterocycles. The standard InChI is InChI=1S/C27H39N5O3SSi/c1-7-23(20-14-24(36-17-20)27(34-8-2)35-9-3)32-16-21(15-30-32)25-22-10-11-31(26(22)29-18-28-25)19-33-12-13-37(4,5)6/h10-11,14-18,23,27H,7-9,12-13,19H2,1-6H3. The molecule has 8 nitrogen and oxygen atoms in total. The molecule has 37 heavy (non-hydrogen) atoms. The third-order valence-electron chi connectivity index (χ3n) is 6.26. The van der Waals surface area contributed by atoms with Gasteiger partial charge in [-0.3, -0.25) is 4.68 Å². The lowest BCUT2D eigenvalue weighted by Gasteiger charge is -2.16. The summed E-state index contributed by atoms with van der Waals surface area (Å²) in [5, 5.41) is 7.91. The number of aromatic nitrogens is 5. The average molecular weight is 542 g/mol. The van der Waals surface area contributed by atoms with Gasteiger partial charge in [0.2, 0.25) is 0 Å². The Hall–Kier alpha value is -2.37. The lowest BCUT2D eigenvalue weighted by Crippen LogP contribution is -2.22. The quantitative estimate of drug-likeness (QED) is 0.1000.